The molecule has 0 atom stereocenters. The number of thiophene rings is 2. The zero-order valence-corrected chi connectivity index (χ0v) is 21.7. The third-order valence-electron chi connectivity index (χ3n) is 4.91. The summed E-state index contributed by atoms with van der Waals surface area (Å²) in [6.07, 6.45) is 9.72. The molecule has 0 saturated heterocycles. The second-order valence-electron chi connectivity index (χ2n) is 7.24. The Morgan fingerprint density at radius 2 is 1.59 bits per heavy atom. The molecule has 0 aliphatic rings. The van der Waals surface area contributed by atoms with Crippen LogP contribution < -0.4 is 4.74 Å². The molecule has 0 aliphatic heterocycles. The summed E-state index contributed by atoms with van der Waals surface area (Å²) in [6.45, 7) is 3.04. The van der Waals surface area contributed by atoms with Gasteiger partial charge < -0.3 is 4.74 Å². The highest BCUT2D eigenvalue weighted by Crippen LogP contribution is 2.43. The van der Waals surface area contributed by atoms with Gasteiger partial charge in [-0.15, -0.1) is 22.7 Å². The maximum atomic E-state index is 5.83. The van der Waals surface area contributed by atoms with Crippen LogP contribution >= 0.6 is 54.5 Å². The lowest BCUT2D eigenvalue weighted by atomic mass is 10.1. The van der Waals surface area contributed by atoms with Crippen molar-refractivity contribution in [3.8, 4) is 15.5 Å². The van der Waals surface area contributed by atoms with E-state index in [4.69, 9.17) is 4.74 Å². The summed E-state index contributed by atoms with van der Waals surface area (Å²) in [5, 5.41) is 0. The van der Waals surface area contributed by atoms with E-state index in [0.29, 0.717) is 0 Å². The number of benzene rings is 1. The van der Waals surface area contributed by atoms with E-state index < -0.39 is 0 Å². The van der Waals surface area contributed by atoms with Crippen molar-refractivity contribution in [3.05, 3.63) is 61.2 Å². The summed E-state index contributed by atoms with van der Waals surface area (Å²) in [5.74, 6) is 0.960. The Bertz CT molecular complexity index is 870. The topological polar surface area (TPSA) is 9.23 Å². The maximum absolute atomic E-state index is 5.83. The number of hydrogen-bond acceptors (Lipinski definition) is 3. The van der Waals surface area contributed by atoms with Gasteiger partial charge in [0.25, 0.3) is 0 Å². The van der Waals surface area contributed by atoms with Crippen LogP contribution in [0.3, 0.4) is 0 Å². The maximum Gasteiger partial charge on any atom is 0.119 e. The van der Waals surface area contributed by atoms with Crippen LogP contribution in [0, 0.1) is 0 Å². The van der Waals surface area contributed by atoms with Crippen LogP contribution in [0.2, 0.25) is 0 Å². The molecule has 0 spiro atoms. The first-order valence-electron chi connectivity index (χ1n) is 10.4. The van der Waals surface area contributed by atoms with Crippen molar-refractivity contribution < 1.29 is 4.74 Å². The van der Waals surface area contributed by atoms with E-state index in [-0.39, 0.29) is 0 Å². The Labute approximate surface area is 199 Å². The number of ether oxygens (including phenoxy) is 1. The molecule has 0 radical (unpaired) electrons. The molecule has 1 aromatic carbocycles. The second-order valence-corrected chi connectivity index (χ2v) is 12.0. The molecule has 1 nitrogen and oxygen atoms in total. The minimum Gasteiger partial charge on any atom is -0.494 e. The van der Waals surface area contributed by atoms with E-state index in [9.17, 15) is 0 Å². The Balaban J connectivity index is 1.54. The van der Waals surface area contributed by atoms with Crippen LogP contribution in [0.15, 0.2) is 50.0 Å². The fourth-order valence-corrected chi connectivity index (χ4v) is 6.95. The molecule has 0 aliphatic carbocycles. The molecule has 0 N–H and O–H groups in total. The average molecular weight is 556 g/mol. The molecule has 0 saturated carbocycles. The number of halogens is 2. The van der Waals surface area contributed by atoms with Gasteiger partial charge in [0.1, 0.15) is 5.75 Å². The van der Waals surface area contributed by atoms with Crippen molar-refractivity contribution in [2.24, 2.45) is 0 Å². The van der Waals surface area contributed by atoms with Gasteiger partial charge in [-0.3, -0.25) is 0 Å². The molecule has 0 unspecified atom stereocenters. The van der Waals surface area contributed by atoms with Gasteiger partial charge in [0.05, 0.1) is 14.2 Å². The summed E-state index contributed by atoms with van der Waals surface area (Å²) >= 11 is 11.2. The minimum absolute atomic E-state index is 0.775. The summed E-state index contributed by atoms with van der Waals surface area (Å²) in [7, 11) is 0. The van der Waals surface area contributed by atoms with Gasteiger partial charge >= 0.3 is 0 Å². The van der Waals surface area contributed by atoms with E-state index in [1.54, 1.807) is 0 Å². The SMILES string of the molecule is CCCCCCc1cc(-c2sc(Br)cc2CCCCOc2ccccc2)sc1Br. The normalized spacial score (nSPS) is 11.1. The lowest BCUT2D eigenvalue weighted by Gasteiger charge is -2.06. The van der Waals surface area contributed by atoms with Crippen LogP contribution in [0.1, 0.15) is 56.6 Å². The van der Waals surface area contributed by atoms with Gasteiger partial charge in [0.15, 0.2) is 0 Å². The van der Waals surface area contributed by atoms with Crippen molar-refractivity contribution >= 4 is 54.5 Å². The number of para-hydroxylation sites is 1. The summed E-state index contributed by atoms with van der Waals surface area (Å²) in [4.78, 5) is 2.82. The van der Waals surface area contributed by atoms with E-state index in [0.717, 1.165) is 31.6 Å². The highest BCUT2D eigenvalue weighted by molar-refractivity contribution is 9.11. The zero-order chi connectivity index (χ0) is 20.5. The highest BCUT2D eigenvalue weighted by Gasteiger charge is 2.15. The molecule has 0 fully saturated rings. The fraction of sp³-hybridized carbons (Fsp3) is 0.417. The summed E-state index contributed by atoms with van der Waals surface area (Å²) < 4.78 is 8.35. The van der Waals surface area contributed by atoms with E-state index in [1.165, 1.54) is 60.6 Å². The molecule has 5 heteroatoms. The number of hydrogen-bond donors (Lipinski definition) is 0. The Morgan fingerprint density at radius 1 is 0.828 bits per heavy atom. The molecular weight excluding hydrogens is 528 g/mol. The standard InChI is InChI=1S/C24H28Br2OS2/c1-2-3-4-6-12-19-16-21(28-24(19)26)23-18(17-22(25)29-23)11-9-10-15-27-20-13-7-5-8-14-20/h5,7-8,13-14,16-17H,2-4,6,9-12,15H2,1H3. The molecular formula is C24H28Br2OS2. The van der Waals surface area contributed by atoms with Crippen LogP contribution in [0.5, 0.6) is 5.75 Å². The lowest BCUT2D eigenvalue weighted by Crippen LogP contribution is -1.98. The van der Waals surface area contributed by atoms with Crippen LogP contribution in [0.25, 0.3) is 9.75 Å². The first-order valence-corrected chi connectivity index (χ1v) is 13.6. The van der Waals surface area contributed by atoms with Gasteiger partial charge in [-0.2, -0.15) is 0 Å². The largest absolute Gasteiger partial charge is 0.494 e. The van der Waals surface area contributed by atoms with Crippen LogP contribution in [-0.2, 0) is 12.8 Å². The molecule has 0 bridgehead atoms. The lowest BCUT2D eigenvalue weighted by molar-refractivity contribution is 0.307. The number of rotatable bonds is 12. The predicted octanol–water partition coefficient (Wildman–Crippen LogP) is 9.53. The van der Waals surface area contributed by atoms with Crippen molar-refractivity contribution in [1.29, 1.82) is 0 Å². The highest BCUT2D eigenvalue weighted by atomic mass is 79.9. The monoisotopic (exact) mass is 554 g/mol. The van der Waals surface area contributed by atoms with E-state index >= 15 is 0 Å². The predicted molar refractivity (Wildman–Crippen MR) is 136 cm³/mol. The second kappa shape index (κ2) is 12.3. The van der Waals surface area contributed by atoms with Gasteiger partial charge in [0.2, 0.25) is 0 Å². The van der Waals surface area contributed by atoms with Crippen molar-refractivity contribution in [2.45, 2.75) is 58.3 Å². The molecule has 0 amide bonds. The first kappa shape index (κ1) is 23.1. The van der Waals surface area contributed by atoms with Crippen LogP contribution in [-0.4, -0.2) is 6.61 Å². The van der Waals surface area contributed by atoms with Gasteiger partial charge in [0, 0.05) is 9.75 Å². The van der Waals surface area contributed by atoms with Gasteiger partial charge in [-0.05, 0) is 99.4 Å². The molecule has 156 valence electrons. The smallest absolute Gasteiger partial charge is 0.119 e. The van der Waals surface area contributed by atoms with E-state index in [2.05, 4.69) is 50.9 Å². The minimum atomic E-state index is 0.775. The molecule has 2 heterocycles. The van der Waals surface area contributed by atoms with Crippen molar-refractivity contribution in [1.82, 2.24) is 0 Å². The first-order chi connectivity index (χ1) is 14.2. The third-order valence-corrected chi connectivity index (χ3v) is 8.73. The quantitative estimate of drug-likeness (QED) is 0.202. The van der Waals surface area contributed by atoms with Crippen molar-refractivity contribution in [2.75, 3.05) is 6.61 Å². The Morgan fingerprint density at radius 3 is 2.38 bits per heavy atom. The molecule has 3 rings (SSSR count). The molecule has 3 aromatic rings. The summed E-state index contributed by atoms with van der Waals surface area (Å²) in [6, 6.07) is 14.8. The van der Waals surface area contributed by atoms with Crippen LogP contribution in [0.4, 0.5) is 0 Å². The molecule has 29 heavy (non-hydrogen) atoms. The fourth-order valence-electron chi connectivity index (χ4n) is 3.34. The zero-order valence-electron chi connectivity index (χ0n) is 16.9. The third kappa shape index (κ3) is 7.23. The average Bonchev–Trinajstić information content (AvgIpc) is 3.28. The van der Waals surface area contributed by atoms with Gasteiger partial charge in [-0.25, -0.2) is 0 Å². The Hall–Kier alpha value is -0.620. The Kier molecular flexibility index (Phi) is 9.77. The molecule has 2 aromatic heterocycles. The van der Waals surface area contributed by atoms with E-state index in [1.807, 2.05) is 53.0 Å². The van der Waals surface area contributed by atoms with Crippen molar-refractivity contribution in [3.63, 3.8) is 0 Å². The van der Waals surface area contributed by atoms with Gasteiger partial charge in [-0.1, -0.05) is 44.4 Å². The number of aryl methyl sites for hydroxylation is 2. The number of unbranched alkanes of at least 4 members (excludes halogenated alkanes) is 4. The summed E-state index contributed by atoms with van der Waals surface area (Å²) in [5.41, 5.74) is 2.92.